The number of carbonyl (C=O) groups excluding carboxylic acids is 1. The van der Waals surface area contributed by atoms with Crippen molar-refractivity contribution in [3.05, 3.63) is 24.4 Å². The van der Waals surface area contributed by atoms with Crippen molar-refractivity contribution in [2.45, 2.75) is 13.5 Å². The van der Waals surface area contributed by atoms with E-state index in [2.05, 4.69) is 20.6 Å². The molecule has 0 aliphatic rings. The molecule has 0 amide bonds. The van der Waals surface area contributed by atoms with Gasteiger partial charge in [-0.3, -0.25) is 4.68 Å². The van der Waals surface area contributed by atoms with Crippen molar-refractivity contribution >= 4 is 12.0 Å². The van der Waals surface area contributed by atoms with Crippen LogP contribution in [0.15, 0.2) is 23.1 Å². The predicted octanol–water partition coefficient (Wildman–Crippen LogP) is 0.555. The van der Waals surface area contributed by atoms with Crippen molar-refractivity contribution in [3.63, 3.8) is 0 Å². The van der Waals surface area contributed by atoms with Gasteiger partial charge in [-0.25, -0.2) is 4.79 Å². The molecule has 0 aliphatic heterocycles. The summed E-state index contributed by atoms with van der Waals surface area (Å²) in [4.78, 5) is 15.3. The van der Waals surface area contributed by atoms with Gasteiger partial charge in [0.05, 0.1) is 19.3 Å². The van der Waals surface area contributed by atoms with Crippen molar-refractivity contribution in [1.29, 1.82) is 0 Å². The van der Waals surface area contributed by atoms with Crippen LogP contribution in [0.3, 0.4) is 0 Å². The zero-order valence-corrected chi connectivity index (χ0v) is 9.87. The van der Waals surface area contributed by atoms with Gasteiger partial charge in [0.2, 0.25) is 0 Å². The molecule has 2 heterocycles. The zero-order valence-electron chi connectivity index (χ0n) is 9.87. The summed E-state index contributed by atoms with van der Waals surface area (Å²) in [7, 11) is 0. The largest absolute Gasteiger partial charge is 0.461 e. The number of hydrogen-bond acceptors (Lipinski definition) is 7. The number of rotatable bonds is 6. The van der Waals surface area contributed by atoms with Gasteiger partial charge in [0, 0.05) is 12.7 Å². The maximum absolute atomic E-state index is 11.3. The van der Waals surface area contributed by atoms with Gasteiger partial charge >= 0.3 is 5.97 Å². The first-order valence-electron chi connectivity index (χ1n) is 5.50. The number of oxazole rings is 1. The second-order valence-corrected chi connectivity index (χ2v) is 3.35. The Hall–Kier alpha value is -2.38. The van der Waals surface area contributed by atoms with Crippen LogP contribution in [-0.2, 0) is 11.3 Å². The first-order valence-corrected chi connectivity index (χ1v) is 5.50. The summed E-state index contributed by atoms with van der Waals surface area (Å²) in [5.41, 5.74) is 0.153. The van der Waals surface area contributed by atoms with Crippen molar-refractivity contribution in [2.75, 3.05) is 18.5 Å². The molecule has 0 aliphatic carbocycles. The lowest BCUT2D eigenvalue weighted by atomic mass is 10.5. The molecule has 0 saturated heterocycles. The van der Waals surface area contributed by atoms with E-state index in [1.807, 2.05) is 0 Å². The minimum Gasteiger partial charge on any atom is -0.461 e. The van der Waals surface area contributed by atoms with Gasteiger partial charge < -0.3 is 14.5 Å². The zero-order chi connectivity index (χ0) is 12.8. The topological polar surface area (TPSA) is 95.1 Å². The van der Waals surface area contributed by atoms with E-state index in [-0.39, 0.29) is 11.7 Å². The third-order valence-electron chi connectivity index (χ3n) is 2.08. The van der Waals surface area contributed by atoms with E-state index >= 15 is 0 Å². The van der Waals surface area contributed by atoms with Crippen molar-refractivity contribution in [2.24, 2.45) is 0 Å². The number of anilines is 1. The quantitative estimate of drug-likeness (QED) is 0.749. The van der Waals surface area contributed by atoms with Crippen LogP contribution in [0.2, 0.25) is 0 Å². The maximum atomic E-state index is 11.3. The number of esters is 1. The lowest BCUT2D eigenvalue weighted by Gasteiger charge is -2.00. The predicted molar refractivity (Wildman–Crippen MR) is 61.0 cm³/mol. The Bertz CT molecular complexity index is 493. The molecule has 96 valence electrons. The Balaban J connectivity index is 1.81. The molecule has 0 unspecified atom stereocenters. The minimum absolute atomic E-state index is 0.153. The van der Waals surface area contributed by atoms with Gasteiger partial charge in [-0.15, -0.1) is 5.10 Å². The van der Waals surface area contributed by atoms with E-state index < -0.39 is 5.97 Å². The van der Waals surface area contributed by atoms with Crippen LogP contribution in [-0.4, -0.2) is 39.1 Å². The summed E-state index contributed by atoms with van der Waals surface area (Å²) in [5.74, 6) is -0.495. The Kier molecular flexibility index (Phi) is 3.90. The van der Waals surface area contributed by atoms with Crippen molar-refractivity contribution in [3.8, 4) is 0 Å². The molecule has 0 fully saturated rings. The molecule has 8 nitrogen and oxygen atoms in total. The average Bonchev–Trinajstić information content (AvgIpc) is 3.00. The molecule has 0 atom stereocenters. The van der Waals surface area contributed by atoms with Crippen LogP contribution in [0, 0.1) is 0 Å². The van der Waals surface area contributed by atoms with E-state index in [4.69, 9.17) is 9.15 Å². The summed E-state index contributed by atoms with van der Waals surface area (Å²) < 4.78 is 11.5. The highest BCUT2D eigenvalue weighted by Gasteiger charge is 2.12. The molecule has 0 radical (unpaired) electrons. The number of ether oxygens (including phenoxy) is 1. The third-order valence-corrected chi connectivity index (χ3v) is 2.08. The summed E-state index contributed by atoms with van der Waals surface area (Å²) in [6, 6.07) is 0.276. The Labute approximate surface area is 103 Å². The van der Waals surface area contributed by atoms with Crippen LogP contribution in [0.1, 0.15) is 17.4 Å². The fourth-order valence-corrected chi connectivity index (χ4v) is 1.28. The normalized spacial score (nSPS) is 10.3. The molecule has 2 aromatic rings. The molecule has 8 heteroatoms. The lowest BCUT2D eigenvalue weighted by molar-refractivity contribution is 0.0519. The number of carbonyl (C=O) groups is 1. The van der Waals surface area contributed by atoms with Crippen LogP contribution < -0.4 is 5.32 Å². The van der Waals surface area contributed by atoms with E-state index in [0.29, 0.717) is 19.7 Å². The fourth-order valence-electron chi connectivity index (χ4n) is 1.28. The van der Waals surface area contributed by atoms with Gasteiger partial charge in [0.25, 0.3) is 6.01 Å². The maximum Gasteiger partial charge on any atom is 0.360 e. The SMILES string of the molecule is CCOC(=O)c1coc(NCCn2ccnn2)n1. The second kappa shape index (κ2) is 5.80. The van der Waals surface area contributed by atoms with E-state index in [9.17, 15) is 4.79 Å². The second-order valence-electron chi connectivity index (χ2n) is 3.35. The highest BCUT2D eigenvalue weighted by molar-refractivity contribution is 5.87. The standard InChI is InChI=1S/C10H13N5O3/c1-2-17-9(16)8-7-18-10(13-8)11-3-5-15-6-4-12-14-15/h4,6-7H,2-3,5H2,1H3,(H,11,13). The highest BCUT2D eigenvalue weighted by Crippen LogP contribution is 2.08. The number of nitrogens with one attached hydrogen (secondary N) is 1. The monoisotopic (exact) mass is 251 g/mol. The molecular weight excluding hydrogens is 238 g/mol. The van der Waals surface area contributed by atoms with Crippen LogP contribution in [0.25, 0.3) is 0 Å². The minimum atomic E-state index is -0.495. The molecule has 0 aromatic carbocycles. The van der Waals surface area contributed by atoms with Gasteiger partial charge in [-0.2, -0.15) is 4.98 Å². The number of aromatic nitrogens is 4. The van der Waals surface area contributed by atoms with Crippen LogP contribution in [0.4, 0.5) is 6.01 Å². The van der Waals surface area contributed by atoms with Crippen LogP contribution in [0.5, 0.6) is 0 Å². The lowest BCUT2D eigenvalue weighted by Crippen LogP contribution is -2.11. The Morgan fingerprint density at radius 3 is 3.22 bits per heavy atom. The molecule has 0 saturated carbocycles. The molecule has 0 bridgehead atoms. The molecule has 2 rings (SSSR count). The third kappa shape index (κ3) is 3.06. The van der Waals surface area contributed by atoms with Crippen molar-refractivity contribution < 1.29 is 13.9 Å². The van der Waals surface area contributed by atoms with E-state index in [1.54, 1.807) is 24.0 Å². The van der Waals surface area contributed by atoms with Gasteiger partial charge in [-0.05, 0) is 6.92 Å². The molecule has 2 aromatic heterocycles. The van der Waals surface area contributed by atoms with E-state index in [0.717, 1.165) is 0 Å². The summed E-state index contributed by atoms with van der Waals surface area (Å²) >= 11 is 0. The Morgan fingerprint density at radius 2 is 2.50 bits per heavy atom. The molecule has 1 N–H and O–H groups in total. The average molecular weight is 251 g/mol. The first kappa shape index (κ1) is 12.1. The van der Waals surface area contributed by atoms with Crippen LogP contribution >= 0.6 is 0 Å². The summed E-state index contributed by atoms with van der Waals surface area (Å²) in [6.07, 6.45) is 4.61. The molecule has 0 spiro atoms. The van der Waals surface area contributed by atoms with Gasteiger partial charge in [0.1, 0.15) is 6.26 Å². The molecule has 18 heavy (non-hydrogen) atoms. The Morgan fingerprint density at radius 1 is 1.61 bits per heavy atom. The van der Waals surface area contributed by atoms with Gasteiger partial charge in [-0.1, -0.05) is 5.21 Å². The molecular formula is C10H13N5O3. The fraction of sp³-hybridized carbons (Fsp3) is 0.400. The first-order chi connectivity index (χ1) is 8.79. The smallest absolute Gasteiger partial charge is 0.360 e. The highest BCUT2D eigenvalue weighted by atomic mass is 16.5. The number of hydrogen-bond donors (Lipinski definition) is 1. The summed E-state index contributed by atoms with van der Waals surface area (Å²) in [6.45, 7) is 3.22. The van der Waals surface area contributed by atoms with Gasteiger partial charge in [0.15, 0.2) is 5.69 Å². The summed E-state index contributed by atoms with van der Waals surface area (Å²) in [5, 5.41) is 10.4. The van der Waals surface area contributed by atoms with E-state index in [1.165, 1.54) is 6.26 Å². The number of nitrogens with zero attached hydrogens (tertiary/aromatic N) is 4. The van der Waals surface area contributed by atoms with Crippen molar-refractivity contribution in [1.82, 2.24) is 20.0 Å².